The lowest BCUT2D eigenvalue weighted by molar-refractivity contribution is -0.131. The molecule has 1 unspecified atom stereocenters. The van der Waals surface area contributed by atoms with Crippen LogP contribution in [0, 0.1) is 0 Å². The SMILES string of the molecule is O=C(CN1CCCN(CC(O)CN2CCCC2=O)CC1)N1CCCC1. The van der Waals surface area contributed by atoms with Gasteiger partial charge in [0.05, 0.1) is 12.6 Å². The molecule has 3 saturated heterocycles. The van der Waals surface area contributed by atoms with Gasteiger partial charge in [0.25, 0.3) is 0 Å². The predicted octanol–water partition coefficient (Wildman–Crippen LogP) is -0.400. The number of nitrogens with zero attached hydrogens (tertiary/aromatic N) is 4. The number of rotatable bonds is 6. The van der Waals surface area contributed by atoms with Crippen LogP contribution in [-0.2, 0) is 9.59 Å². The Labute approximate surface area is 150 Å². The van der Waals surface area contributed by atoms with Crippen LogP contribution in [0.2, 0.25) is 0 Å². The third-order valence-electron chi connectivity index (χ3n) is 5.57. The summed E-state index contributed by atoms with van der Waals surface area (Å²) in [5.74, 6) is 0.431. The number of carbonyl (C=O) groups is 2. The molecule has 0 aromatic heterocycles. The Morgan fingerprint density at radius 2 is 1.60 bits per heavy atom. The Bertz CT molecular complexity index is 467. The second kappa shape index (κ2) is 8.96. The average molecular weight is 352 g/mol. The topological polar surface area (TPSA) is 67.3 Å². The van der Waals surface area contributed by atoms with Gasteiger partial charge in [-0.25, -0.2) is 0 Å². The van der Waals surface area contributed by atoms with E-state index >= 15 is 0 Å². The van der Waals surface area contributed by atoms with Crippen molar-refractivity contribution in [1.82, 2.24) is 19.6 Å². The molecule has 0 radical (unpaired) electrons. The monoisotopic (exact) mass is 352 g/mol. The van der Waals surface area contributed by atoms with Crippen LogP contribution in [0.5, 0.6) is 0 Å². The van der Waals surface area contributed by atoms with Gasteiger partial charge in [-0.15, -0.1) is 0 Å². The predicted molar refractivity (Wildman–Crippen MR) is 95.1 cm³/mol. The molecule has 1 atom stereocenters. The van der Waals surface area contributed by atoms with Gasteiger partial charge >= 0.3 is 0 Å². The Kier molecular flexibility index (Phi) is 6.67. The molecule has 0 aromatic rings. The minimum atomic E-state index is -0.486. The molecule has 2 amide bonds. The van der Waals surface area contributed by atoms with E-state index in [1.54, 1.807) is 4.90 Å². The van der Waals surface area contributed by atoms with E-state index < -0.39 is 6.10 Å². The van der Waals surface area contributed by atoms with Crippen molar-refractivity contribution in [2.45, 2.75) is 38.2 Å². The lowest BCUT2D eigenvalue weighted by Gasteiger charge is -2.26. The van der Waals surface area contributed by atoms with Gasteiger partial charge in [-0.3, -0.25) is 19.4 Å². The van der Waals surface area contributed by atoms with Gasteiger partial charge in [-0.05, 0) is 38.8 Å². The van der Waals surface area contributed by atoms with Crippen molar-refractivity contribution >= 4 is 11.8 Å². The van der Waals surface area contributed by atoms with E-state index in [-0.39, 0.29) is 11.8 Å². The highest BCUT2D eigenvalue weighted by Gasteiger charge is 2.25. The molecule has 25 heavy (non-hydrogen) atoms. The minimum Gasteiger partial charge on any atom is -0.390 e. The van der Waals surface area contributed by atoms with Crippen molar-refractivity contribution in [1.29, 1.82) is 0 Å². The number of aliphatic hydroxyl groups is 1. The molecule has 0 aliphatic carbocycles. The van der Waals surface area contributed by atoms with Gasteiger partial charge in [-0.2, -0.15) is 0 Å². The van der Waals surface area contributed by atoms with Crippen LogP contribution in [0.3, 0.4) is 0 Å². The fourth-order valence-corrected chi connectivity index (χ4v) is 4.13. The summed E-state index contributed by atoms with van der Waals surface area (Å²) in [7, 11) is 0. The highest BCUT2D eigenvalue weighted by molar-refractivity contribution is 5.78. The van der Waals surface area contributed by atoms with Crippen LogP contribution in [-0.4, -0.2) is 108 Å². The Hall–Kier alpha value is -1.18. The zero-order valence-electron chi connectivity index (χ0n) is 15.2. The van der Waals surface area contributed by atoms with Gasteiger partial charge in [0, 0.05) is 52.2 Å². The second-order valence-corrected chi connectivity index (χ2v) is 7.62. The minimum absolute atomic E-state index is 0.168. The first kappa shape index (κ1) is 18.6. The molecular formula is C18H32N4O3. The van der Waals surface area contributed by atoms with Gasteiger partial charge < -0.3 is 14.9 Å². The number of carbonyl (C=O) groups excluding carboxylic acids is 2. The largest absolute Gasteiger partial charge is 0.390 e. The van der Waals surface area contributed by atoms with Crippen molar-refractivity contribution in [3.05, 3.63) is 0 Å². The molecule has 0 saturated carbocycles. The molecule has 7 nitrogen and oxygen atoms in total. The normalized spacial score (nSPS) is 24.8. The Balaban J connectivity index is 1.38. The third-order valence-corrected chi connectivity index (χ3v) is 5.57. The average Bonchev–Trinajstić information content (AvgIpc) is 3.20. The van der Waals surface area contributed by atoms with Gasteiger partial charge in [0.1, 0.15) is 0 Å². The number of likely N-dealkylation sites (tertiary alicyclic amines) is 2. The maximum atomic E-state index is 12.3. The first-order chi connectivity index (χ1) is 12.1. The van der Waals surface area contributed by atoms with Crippen LogP contribution in [0.4, 0.5) is 0 Å². The van der Waals surface area contributed by atoms with Crippen LogP contribution < -0.4 is 0 Å². The molecule has 1 N–H and O–H groups in total. The molecule has 0 spiro atoms. The second-order valence-electron chi connectivity index (χ2n) is 7.62. The van der Waals surface area contributed by atoms with E-state index in [1.807, 2.05) is 4.90 Å². The number of amides is 2. The van der Waals surface area contributed by atoms with Crippen LogP contribution >= 0.6 is 0 Å². The molecule has 0 aromatic carbocycles. The maximum absolute atomic E-state index is 12.3. The smallest absolute Gasteiger partial charge is 0.236 e. The fraction of sp³-hybridized carbons (Fsp3) is 0.889. The lowest BCUT2D eigenvalue weighted by atomic mass is 10.3. The molecule has 0 bridgehead atoms. The molecular weight excluding hydrogens is 320 g/mol. The van der Waals surface area contributed by atoms with Crippen LogP contribution in [0.25, 0.3) is 0 Å². The summed E-state index contributed by atoms with van der Waals surface area (Å²) in [4.78, 5) is 32.3. The number of aliphatic hydroxyl groups excluding tert-OH is 1. The highest BCUT2D eigenvalue weighted by atomic mass is 16.3. The standard InChI is InChI=1S/C18H32N4O3/c23-16(14-22-10-3-5-17(22)24)13-19-6-4-7-20(12-11-19)15-18(25)21-8-1-2-9-21/h16,23H,1-15H2. The molecule has 7 heteroatoms. The summed E-state index contributed by atoms with van der Waals surface area (Å²) in [6.45, 7) is 7.83. The molecule has 3 rings (SSSR count). The first-order valence-electron chi connectivity index (χ1n) is 9.80. The summed E-state index contributed by atoms with van der Waals surface area (Å²) in [6, 6.07) is 0. The van der Waals surface area contributed by atoms with E-state index in [0.717, 1.165) is 71.5 Å². The fourth-order valence-electron chi connectivity index (χ4n) is 4.13. The van der Waals surface area contributed by atoms with Crippen molar-refractivity contribution in [2.24, 2.45) is 0 Å². The van der Waals surface area contributed by atoms with Crippen LogP contribution in [0.15, 0.2) is 0 Å². The van der Waals surface area contributed by atoms with Crippen molar-refractivity contribution in [3.63, 3.8) is 0 Å². The lowest BCUT2D eigenvalue weighted by Crippen LogP contribution is -2.43. The van der Waals surface area contributed by atoms with Gasteiger partial charge in [0.2, 0.25) is 11.8 Å². The van der Waals surface area contributed by atoms with E-state index in [9.17, 15) is 14.7 Å². The molecule has 3 aliphatic rings. The van der Waals surface area contributed by atoms with Gasteiger partial charge in [0.15, 0.2) is 0 Å². The zero-order chi connectivity index (χ0) is 17.6. The van der Waals surface area contributed by atoms with Crippen LogP contribution in [0.1, 0.15) is 32.1 Å². The van der Waals surface area contributed by atoms with E-state index in [4.69, 9.17) is 0 Å². The summed E-state index contributed by atoms with van der Waals surface area (Å²) in [5, 5.41) is 10.3. The number of β-amino-alcohol motifs (C(OH)–C–C–N with tert-alkyl or cyclic N) is 1. The maximum Gasteiger partial charge on any atom is 0.236 e. The third kappa shape index (κ3) is 5.39. The van der Waals surface area contributed by atoms with Crippen molar-refractivity contribution in [3.8, 4) is 0 Å². The van der Waals surface area contributed by atoms with Crippen molar-refractivity contribution < 1.29 is 14.7 Å². The van der Waals surface area contributed by atoms with E-state index in [2.05, 4.69) is 9.80 Å². The Morgan fingerprint density at radius 1 is 0.880 bits per heavy atom. The molecule has 142 valence electrons. The van der Waals surface area contributed by atoms with E-state index in [1.165, 1.54) is 0 Å². The summed E-state index contributed by atoms with van der Waals surface area (Å²) >= 11 is 0. The molecule has 3 aliphatic heterocycles. The quantitative estimate of drug-likeness (QED) is 0.705. The Morgan fingerprint density at radius 3 is 2.32 bits per heavy atom. The summed E-state index contributed by atoms with van der Waals surface area (Å²) in [5.41, 5.74) is 0. The molecule has 3 heterocycles. The highest BCUT2D eigenvalue weighted by Crippen LogP contribution is 2.12. The van der Waals surface area contributed by atoms with Gasteiger partial charge in [-0.1, -0.05) is 0 Å². The van der Waals surface area contributed by atoms with E-state index in [0.29, 0.717) is 26.1 Å². The number of hydrogen-bond acceptors (Lipinski definition) is 5. The van der Waals surface area contributed by atoms with Crippen molar-refractivity contribution in [2.75, 3.05) is 65.4 Å². The summed E-state index contributed by atoms with van der Waals surface area (Å²) < 4.78 is 0. The first-order valence-corrected chi connectivity index (χ1v) is 9.80. The number of hydrogen-bond donors (Lipinski definition) is 1. The summed E-state index contributed by atoms with van der Waals surface area (Å²) in [6.07, 6.45) is 4.34. The molecule has 3 fully saturated rings. The zero-order valence-corrected chi connectivity index (χ0v) is 15.2.